The van der Waals surface area contributed by atoms with Crippen LogP contribution < -0.4 is 5.32 Å². The highest BCUT2D eigenvalue weighted by atomic mass is 79.9. The summed E-state index contributed by atoms with van der Waals surface area (Å²) in [6.45, 7) is 2.88. The molecule has 0 unspecified atom stereocenters. The second-order valence-corrected chi connectivity index (χ2v) is 5.98. The van der Waals surface area contributed by atoms with Crippen LogP contribution in [0, 0.1) is 5.82 Å². The molecule has 1 aromatic rings. The third-order valence-corrected chi connectivity index (χ3v) is 4.30. The smallest absolute Gasteiger partial charge is 0.314 e. The molecule has 2 rings (SSSR count). The normalized spacial score (nSPS) is 17.1. The Morgan fingerprint density at radius 2 is 1.78 bits per heavy atom. The van der Waals surface area contributed by atoms with Gasteiger partial charge in [-0.2, -0.15) is 13.2 Å². The molecule has 1 aliphatic heterocycles. The molecule has 0 bridgehead atoms. The summed E-state index contributed by atoms with van der Waals surface area (Å²) in [6, 6.07) is 3.81. The molecule has 0 aromatic heterocycles. The van der Waals surface area contributed by atoms with Crippen LogP contribution in [-0.4, -0.2) is 37.3 Å². The van der Waals surface area contributed by atoms with E-state index in [0.29, 0.717) is 23.1 Å². The quantitative estimate of drug-likeness (QED) is 0.680. The number of hydrogen-bond acceptors (Lipinski definition) is 2. The minimum atomic E-state index is -4.18. The van der Waals surface area contributed by atoms with E-state index in [1.165, 1.54) is 12.1 Å². The fourth-order valence-electron chi connectivity index (χ4n) is 2.60. The molecule has 23 heavy (non-hydrogen) atoms. The molecule has 1 N–H and O–H groups in total. The molecule has 1 saturated heterocycles. The topological polar surface area (TPSA) is 15.3 Å². The lowest BCUT2D eigenvalue weighted by molar-refractivity contribution is -0.138. The van der Waals surface area contributed by atoms with Crippen LogP contribution in [0.4, 0.5) is 17.6 Å². The van der Waals surface area contributed by atoms with Gasteiger partial charge in [-0.05, 0) is 24.1 Å². The molecule has 1 atom stereocenters. The molecule has 1 aliphatic rings. The monoisotopic (exact) mass is 440 g/mol. The predicted molar refractivity (Wildman–Crippen MR) is 91.1 cm³/mol. The Bertz CT molecular complexity index is 482. The minimum Gasteiger partial charge on any atom is -0.314 e. The lowest BCUT2D eigenvalue weighted by atomic mass is 9.99. The highest BCUT2D eigenvalue weighted by Gasteiger charge is 2.32. The van der Waals surface area contributed by atoms with Gasteiger partial charge in [-0.25, -0.2) is 4.39 Å². The van der Waals surface area contributed by atoms with Gasteiger partial charge in [0.1, 0.15) is 5.82 Å². The van der Waals surface area contributed by atoms with E-state index in [0.717, 1.165) is 13.1 Å². The average molecular weight is 442 g/mol. The van der Waals surface area contributed by atoms with Crippen molar-refractivity contribution in [2.45, 2.75) is 25.1 Å². The van der Waals surface area contributed by atoms with Crippen LogP contribution in [0.2, 0.25) is 0 Å². The zero-order valence-corrected chi connectivity index (χ0v) is 15.4. The molecule has 9 heteroatoms. The van der Waals surface area contributed by atoms with Crippen LogP contribution in [0.15, 0.2) is 22.7 Å². The van der Waals surface area contributed by atoms with Gasteiger partial charge in [0.05, 0.1) is 0 Å². The molecule has 1 fully saturated rings. The third kappa shape index (κ3) is 7.13. The first-order valence-corrected chi connectivity index (χ1v) is 7.62. The number of alkyl halides is 3. The second-order valence-electron chi connectivity index (χ2n) is 5.12. The van der Waals surface area contributed by atoms with Crippen molar-refractivity contribution in [2.24, 2.45) is 0 Å². The number of rotatable bonds is 4. The zero-order chi connectivity index (χ0) is 15.5. The van der Waals surface area contributed by atoms with Gasteiger partial charge in [-0.15, -0.1) is 24.8 Å². The van der Waals surface area contributed by atoms with Crippen LogP contribution in [0.5, 0.6) is 0 Å². The summed E-state index contributed by atoms with van der Waals surface area (Å²) in [5, 5.41) is 3.18. The van der Waals surface area contributed by atoms with Crippen LogP contribution in [0.25, 0.3) is 0 Å². The predicted octanol–water partition coefficient (Wildman–Crippen LogP) is 4.72. The number of nitrogens with zero attached hydrogens (tertiary/aromatic N) is 1. The number of nitrogens with one attached hydrogen (secondary N) is 1. The van der Waals surface area contributed by atoms with Gasteiger partial charge in [0.15, 0.2) is 0 Å². The lowest BCUT2D eigenvalue weighted by Crippen LogP contribution is -2.45. The summed E-state index contributed by atoms with van der Waals surface area (Å²) < 4.78 is 51.4. The van der Waals surface area contributed by atoms with Crippen molar-refractivity contribution in [3.05, 3.63) is 34.1 Å². The van der Waals surface area contributed by atoms with Gasteiger partial charge in [0, 0.05) is 43.1 Å². The van der Waals surface area contributed by atoms with Gasteiger partial charge >= 0.3 is 6.18 Å². The Morgan fingerprint density at radius 1 is 1.17 bits per heavy atom. The van der Waals surface area contributed by atoms with E-state index in [1.807, 2.05) is 4.90 Å². The van der Waals surface area contributed by atoms with E-state index in [-0.39, 0.29) is 37.3 Å². The van der Waals surface area contributed by atoms with Crippen molar-refractivity contribution < 1.29 is 17.6 Å². The van der Waals surface area contributed by atoms with Crippen LogP contribution >= 0.6 is 40.7 Å². The molecule has 0 saturated carbocycles. The molecular formula is C14H19BrCl2F4N2. The Morgan fingerprint density at radius 3 is 2.30 bits per heavy atom. The highest BCUT2D eigenvalue weighted by molar-refractivity contribution is 9.10. The van der Waals surface area contributed by atoms with Gasteiger partial charge in [0.25, 0.3) is 0 Å². The Labute approximate surface area is 153 Å². The van der Waals surface area contributed by atoms with E-state index in [1.54, 1.807) is 6.07 Å². The molecule has 134 valence electrons. The number of piperazine rings is 1. The second kappa shape index (κ2) is 10.0. The fraction of sp³-hybridized carbons (Fsp3) is 0.571. The largest absolute Gasteiger partial charge is 0.389 e. The maximum atomic E-state index is 13.2. The van der Waals surface area contributed by atoms with Crippen LogP contribution in [0.3, 0.4) is 0 Å². The first kappa shape index (κ1) is 22.9. The number of benzene rings is 1. The Hall–Kier alpha value is -0.0800. The maximum absolute atomic E-state index is 13.2. The summed E-state index contributed by atoms with van der Waals surface area (Å²) >= 11 is 3.27. The highest BCUT2D eigenvalue weighted by Crippen LogP contribution is 2.35. The van der Waals surface area contributed by atoms with Crippen molar-refractivity contribution in [1.29, 1.82) is 0 Å². The Balaban J connectivity index is 0.00000242. The first-order valence-electron chi connectivity index (χ1n) is 6.83. The van der Waals surface area contributed by atoms with Crippen molar-refractivity contribution in [3.8, 4) is 0 Å². The van der Waals surface area contributed by atoms with Crippen molar-refractivity contribution in [1.82, 2.24) is 10.2 Å². The summed E-state index contributed by atoms with van der Waals surface area (Å²) in [4.78, 5) is 2.03. The summed E-state index contributed by atoms with van der Waals surface area (Å²) in [5.41, 5.74) is 0.711. The average Bonchev–Trinajstić information content (AvgIpc) is 2.41. The molecule has 1 heterocycles. The fourth-order valence-corrected chi connectivity index (χ4v) is 3.22. The summed E-state index contributed by atoms with van der Waals surface area (Å²) in [5.74, 6) is -0.402. The molecule has 0 radical (unpaired) electrons. The number of hydrogen-bond donors (Lipinski definition) is 1. The van der Waals surface area contributed by atoms with Crippen LogP contribution in [0.1, 0.15) is 24.4 Å². The summed E-state index contributed by atoms with van der Waals surface area (Å²) in [7, 11) is 0. The summed E-state index contributed by atoms with van der Waals surface area (Å²) in [6.07, 6.45) is -5.04. The Kier molecular flexibility index (Phi) is 10.00. The molecule has 2 nitrogen and oxygen atoms in total. The standard InChI is InChI=1S/C14H17BrF4N2.2ClH/c15-12-9-10(16)1-2-11(12)13(3-4-14(17,18)19)21-7-5-20-6-8-21;;/h1-2,9,13,20H,3-8H2;2*1H/t13-;;/m0../s1. The van der Waals surface area contributed by atoms with E-state index in [2.05, 4.69) is 21.2 Å². The minimum absolute atomic E-state index is 0. The van der Waals surface area contributed by atoms with Crippen molar-refractivity contribution >= 4 is 40.7 Å². The van der Waals surface area contributed by atoms with Crippen molar-refractivity contribution in [2.75, 3.05) is 26.2 Å². The van der Waals surface area contributed by atoms with E-state index in [4.69, 9.17) is 0 Å². The molecule has 1 aromatic carbocycles. The maximum Gasteiger partial charge on any atom is 0.389 e. The van der Waals surface area contributed by atoms with E-state index >= 15 is 0 Å². The zero-order valence-electron chi connectivity index (χ0n) is 12.2. The lowest BCUT2D eigenvalue weighted by Gasteiger charge is -2.36. The first-order chi connectivity index (χ1) is 9.87. The molecule has 0 amide bonds. The van der Waals surface area contributed by atoms with Gasteiger partial charge < -0.3 is 5.32 Å². The van der Waals surface area contributed by atoms with Gasteiger partial charge in [-0.1, -0.05) is 22.0 Å². The van der Waals surface area contributed by atoms with Gasteiger partial charge in [-0.3, -0.25) is 4.90 Å². The number of halogens is 7. The van der Waals surface area contributed by atoms with E-state index in [9.17, 15) is 17.6 Å². The van der Waals surface area contributed by atoms with Crippen molar-refractivity contribution in [3.63, 3.8) is 0 Å². The molecular weight excluding hydrogens is 423 g/mol. The van der Waals surface area contributed by atoms with Gasteiger partial charge in [0.2, 0.25) is 0 Å². The SMILES string of the molecule is Cl.Cl.Fc1ccc([C@H](CCC(F)(F)F)N2CCNCC2)c(Br)c1. The van der Waals surface area contributed by atoms with Crippen LogP contribution in [-0.2, 0) is 0 Å². The third-order valence-electron chi connectivity index (χ3n) is 3.62. The molecule has 0 aliphatic carbocycles. The molecule has 0 spiro atoms. The van der Waals surface area contributed by atoms with E-state index < -0.39 is 18.4 Å².